The summed E-state index contributed by atoms with van der Waals surface area (Å²) in [5.74, 6) is -6.73. The van der Waals surface area contributed by atoms with Crippen molar-refractivity contribution in [1.29, 1.82) is 0 Å². The molecule has 18 nitrogen and oxygen atoms in total. The predicted molar refractivity (Wildman–Crippen MR) is 162 cm³/mol. The number of esters is 8. The highest BCUT2D eigenvalue weighted by Crippen LogP contribution is 2.28. The van der Waals surface area contributed by atoms with E-state index in [-0.39, 0.29) is 38.5 Å². The van der Waals surface area contributed by atoms with Crippen LogP contribution in [0.4, 0.5) is 0 Å². The van der Waals surface area contributed by atoms with Crippen LogP contribution < -0.4 is 0 Å². The van der Waals surface area contributed by atoms with E-state index in [1.54, 1.807) is 0 Å². The van der Waals surface area contributed by atoms with Crippen molar-refractivity contribution < 1.29 is 85.7 Å². The number of hydrogen-bond acceptors (Lipinski definition) is 18. The monoisotopic (exact) mass is 716 g/mol. The Balaban J connectivity index is 2.24. The van der Waals surface area contributed by atoms with E-state index in [4.69, 9.17) is 47.4 Å². The normalized spacial score (nSPS) is 26.1. The molecular weight excluding hydrogens is 672 g/mol. The van der Waals surface area contributed by atoms with Gasteiger partial charge in [0.2, 0.25) is 24.8 Å². The standard InChI is InChI=1S/C32H44O18/c1-7-19(33)43-17-15-41-31(29(47-23(37)11-5)27(17)45-21(35)9-3)49-25(39)13-14-26(40)50-32-30(48-24(38)12-6)28(46-22(36)10-4)18(16-42-32)44-20(34)8-2/h13-14,17-18,27-32H,7-12,15-16H2,1-6H3/b14-13+/t17-,18-,27-,28-,29-,30-,31-,32-/m1/s1. The second-order valence-electron chi connectivity index (χ2n) is 10.6. The molecule has 0 aromatic heterocycles. The Morgan fingerprint density at radius 2 is 0.680 bits per heavy atom. The maximum Gasteiger partial charge on any atom is 0.333 e. The van der Waals surface area contributed by atoms with Gasteiger partial charge in [-0.15, -0.1) is 0 Å². The number of ether oxygens (including phenoxy) is 10. The van der Waals surface area contributed by atoms with Gasteiger partial charge in [0, 0.05) is 50.7 Å². The van der Waals surface area contributed by atoms with E-state index in [9.17, 15) is 38.4 Å². The van der Waals surface area contributed by atoms with Crippen LogP contribution in [0.2, 0.25) is 0 Å². The Kier molecular flexibility index (Phi) is 17.3. The van der Waals surface area contributed by atoms with Gasteiger partial charge in [0.1, 0.15) is 0 Å². The smallest absolute Gasteiger partial charge is 0.333 e. The van der Waals surface area contributed by atoms with E-state index in [2.05, 4.69) is 0 Å². The van der Waals surface area contributed by atoms with Crippen molar-refractivity contribution in [3.8, 4) is 0 Å². The predicted octanol–water partition coefficient (Wildman–Crippen LogP) is 1.27. The summed E-state index contributed by atoms with van der Waals surface area (Å²) < 4.78 is 53.7. The first-order valence-electron chi connectivity index (χ1n) is 16.3. The van der Waals surface area contributed by atoms with Crippen molar-refractivity contribution >= 4 is 47.8 Å². The molecular formula is C32H44O18. The van der Waals surface area contributed by atoms with Gasteiger partial charge < -0.3 is 47.4 Å². The zero-order valence-electron chi connectivity index (χ0n) is 28.8. The van der Waals surface area contributed by atoms with Crippen molar-refractivity contribution in [3.63, 3.8) is 0 Å². The Hall–Kier alpha value is -4.58. The molecule has 0 aromatic rings. The van der Waals surface area contributed by atoms with Gasteiger partial charge in [-0.05, 0) is 0 Å². The van der Waals surface area contributed by atoms with Gasteiger partial charge >= 0.3 is 47.8 Å². The first-order valence-corrected chi connectivity index (χ1v) is 16.3. The minimum absolute atomic E-state index is 0.0191. The highest BCUT2D eigenvalue weighted by molar-refractivity contribution is 5.91. The van der Waals surface area contributed by atoms with Gasteiger partial charge in [0.15, 0.2) is 24.4 Å². The Morgan fingerprint density at radius 3 is 0.960 bits per heavy atom. The summed E-state index contributed by atoms with van der Waals surface area (Å²) in [5.41, 5.74) is 0. The molecule has 0 aromatic carbocycles. The van der Waals surface area contributed by atoms with Crippen molar-refractivity contribution in [2.75, 3.05) is 13.2 Å². The minimum Gasteiger partial charge on any atom is -0.456 e. The molecule has 2 aliphatic rings. The highest BCUT2D eigenvalue weighted by atomic mass is 16.7. The van der Waals surface area contributed by atoms with Crippen LogP contribution in [-0.2, 0) is 85.7 Å². The van der Waals surface area contributed by atoms with E-state index in [1.807, 2.05) is 0 Å². The average Bonchev–Trinajstić information content (AvgIpc) is 3.11. The summed E-state index contributed by atoms with van der Waals surface area (Å²) in [7, 11) is 0. The van der Waals surface area contributed by atoms with Crippen molar-refractivity contribution in [3.05, 3.63) is 12.2 Å². The maximum absolute atomic E-state index is 12.8. The van der Waals surface area contributed by atoms with Gasteiger partial charge in [-0.25, -0.2) is 9.59 Å². The van der Waals surface area contributed by atoms with Crippen LogP contribution >= 0.6 is 0 Å². The third-order valence-electron chi connectivity index (χ3n) is 6.95. The molecule has 0 spiro atoms. The molecule has 0 saturated carbocycles. The molecule has 50 heavy (non-hydrogen) atoms. The molecule has 0 radical (unpaired) electrons. The molecule has 2 saturated heterocycles. The lowest BCUT2D eigenvalue weighted by Crippen LogP contribution is -2.58. The lowest BCUT2D eigenvalue weighted by atomic mass is 10.0. The fraction of sp³-hybridized carbons (Fsp3) is 0.688. The van der Waals surface area contributed by atoms with Gasteiger partial charge in [-0.1, -0.05) is 41.5 Å². The zero-order chi connectivity index (χ0) is 37.4. The van der Waals surface area contributed by atoms with E-state index < -0.39 is 110 Å². The summed E-state index contributed by atoms with van der Waals surface area (Å²) in [5, 5.41) is 0. The SMILES string of the molecule is CCC(=O)O[C@H]1[C@@H](OC(=O)/C=C/C(=O)O[C@H]2OC[C@@H](OC(=O)CC)[C@@H](OC(=O)CC)[C@H]2OC(=O)CC)OC[C@@H](OC(=O)CC)[C@H]1OC(=O)CC. The van der Waals surface area contributed by atoms with Gasteiger partial charge in [0.25, 0.3) is 0 Å². The molecule has 2 fully saturated rings. The maximum atomic E-state index is 12.8. The minimum atomic E-state index is -1.67. The largest absolute Gasteiger partial charge is 0.456 e. The molecule has 2 rings (SSSR count). The topological polar surface area (TPSA) is 229 Å². The molecule has 0 aliphatic carbocycles. The quantitative estimate of drug-likeness (QED) is 0.124. The molecule has 0 N–H and O–H groups in total. The second-order valence-corrected chi connectivity index (χ2v) is 10.6. The Morgan fingerprint density at radius 1 is 0.420 bits per heavy atom. The summed E-state index contributed by atoms with van der Waals surface area (Å²) in [6.07, 6.45) is -10.8. The molecule has 18 heteroatoms. The van der Waals surface area contributed by atoms with Crippen LogP contribution in [0.5, 0.6) is 0 Å². The van der Waals surface area contributed by atoms with Gasteiger partial charge in [-0.2, -0.15) is 0 Å². The number of hydrogen-bond donors (Lipinski definition) is 0. The molecule has 0 bridgehead atoms. The molecule has 8 atom stereocenters. The van der Waals surface area contributed by atoms with Crippen molar-refractivity contribution in [2.24, 2.45) is 0 Å². The molecule has 0 unspecified atom stereocenters. The van der Waals surface area contributed by atoms with Crippen LogP contribution in [0.25, 0.3) is 0 Å². The van der Waals surface area contributed by atoms with Crippen LogP contribution in [0.1, 0.15) is 80.1 Å². The second kappa shape index (κ2) is 20.8. The lowest BCUT2D eigenvalue weighted by Gasteiger charge is -2.40. The lowest BCUT2D eigenvalue weighted by molar-refractivity contribution is -0.274. The third kappa shape index (κ3) is 12.7. The fourth-order valence-electron chi connectivity index (χ4n) is 4.32. The molecule has 0 amide bonds. The fourth-order valence-corrected chi connectivity index (χ4v) is 4.32. The highest BCUT2D eigenvalue weighted by Gasteiger charge is 2.50. The molecule has 2 heterocycles. The van der Waals surface area contributed by atoms with Crippen LogP contribution in [0.15, 0.2) is 12.2 Å². The summed E-state index contributed by atoms with van der Waals surface area (Å²) in [6.45, 7) is 8.24. The van der Waals surface area contributed by atoms with E-state index in [0.29, 0.717) is 12.2 Å². The zero-order valence-corrected chi connectivity index (χ0v) is 28.8. The summed E-state index contributed by atoms with van der Waals surface area (Å²) in [6, 6.07) is 0. The van der Waals surface area contributed by atoms with Crippen molar-refractivity contribution in [1.82, 2.24) is 0 Å². The first-order chi connectivity index (χ1) is 23.8. The van der Waals surface area contributed by atoms with Gasteiger partial charge in [-0.3, -0.25) is 28.8 Å². The van der Waals surface area contributed by atoms with Crippen LogP contribution in [-0.4, -0.2) is 110 Å². The number of carbonyl (C=O) groups excluding carboxylic acids is 8. The molecule has 280 valence electrons. The third-order valence-corrected chi connectivity index (χ3v) is 6.95. The first kappa shape index (κ1) is 41.6. The van der Waals surface area contributed by atoms with Crippen molar-refractivity contribution in [2.45, 2.75) is 129 Å². The van der Waals surface area contributed by atoms with E-state index in [0.717, 1.165) is 0 Å². The Labute approximate surface area is 288 Å². The molecule has 2 aliphatic heterocycles. The average molecular weight is 717 g/mol. The van der Waals surface area contributed by atoms with Crippen LogP contribution in [0.3, 0.4) is 0 Å². The number of rotatable bonds is 16. The van der Waals surface area contributed by atoms with Gasteiger partial charge in [0.05, 0.1) is 13.2 Å². The summed E-state index contributed by atoms with van der Waals surface area (Å²) in [4.78, 5) is 98.6. The summed E-state index contributed by atoms with van der Waals surface area (Å²) >= 11 is 0. The van der Waals surface area contributed by atoms with E-state index in [1.165, 1.54) is 41.5 Å². The van der Waals surface area contributed by atoms with E-state index >= 15 is 0 Å². The van der Waals surface area contributed by atoms with Crippen LogP contribution in [0, 0.1) is 0 Å². The Bertz CT molecular complexity index is 1170. The number of carbonyl (C=O) groups is 8.